The number of nitrogens with zero attached hydrogens (tertiary/aromatic N) is 1. The summed E-state index contributed by atoms with van der Waals surface area (Å²) in [4.78, 5) is 15.3. The van der Waals surface area contributed by atoms with Crippen molar-refractivity contribution in [3.63, 3.8) is 0 Å². The molecule has 3 fully saturated rings. The molecule has 36 heavy (non-hydrogen) atoms. The lowest BCUT2D eigenvalue weighted by Crippen LogP contribution is -2.38. The van der Waals surface area contributed by atoms with Gasteiger partial charge in [0.25, 0.3) is 0 Å². The molecule has 4 heteroatoms. The van der Waals surface area contributed by atoms with Gasteiger partial charge in [-0.2, -0.15) is 0 Å². The average molecular weight is 492 g/mol. The topological polar surface area (TPSA) is 49.8 Å². The molecule has 5 rings (SSSR count). The number of hydrogen-bond acceptors (Lipinski definition) is 4. The predicted octanol–water partition coefficient (Wildman–Crippen LogP) is 7.47. The molecule has 2 aromatic carbocycles. The van der Waals surface area contributed by atoms with Crippen molar-refractivity contribution in [3.05, 3.63) is 42.0 Å². The minimum atomic E-state index is 0.0285. The Morgan fingerprint density at radius 1 is 1.00 bits per heavy atom. The second-order valence-electron chi connectivity index (χ2n) is 12.9. The van der Waals surface area contributed by atoms with Crippen LogP contribution in [0.2, 0.25) is 0 Å². The molecule has 4 nitrogen and oxygen atoms in total. The molecule has 0 amide bonds. The number of benzene rings is 2. The number of rotatable bonds is 6. The van der Waals surface area contributed by atoms with Gasteiger partial charge in [-0.1, -0.05) is 51.3 Å². The number of piperidine rings is 1. The van der Waals surface area contributed by atoms with Gasteiger partial charge in [-0.3, -0.25) is 9.69 Å². The zero-order chi connectivity index (χ0) is 25.2. The Kier molecular flexibility index (Phi) is 7.62. The lowest BCUT2D eigenvalue weighted by atomic mass is 9.56. The number of carbonyl (C=O) groups is 1. The minimum Gasteiger partial charge on any atom is -0.508 e. The summed E-state index contributed by atoms with van der Waals surface area (Å²) in [5, 5.41) is 11.9. The van der Waals surface area contributed by atoms with Crippen LogP contribution >= 0.6 is 0 Å². The Morgan fingerprint density at radius 2 is 1.72 bits per heavy atom. The highest BCUT2D eigenvalue weighted by Crippen LogP contribution is 2.55. The first kappa shape index (κ1) is 25.6. The summed E-state index contributed by atoms with van der Waals surface area (Å²) in [6.07, 6.45) is 13.8. The van der Waals surface area contributed by atoms with Crippen LogP contribution in [-0.4, -0.2) is 35.7 Å². The third kappa shape index (κ3) is 6.07. The molecule has 1 aliphatic heterocycles. The van der Waals surface area contributed by atoms with E-state index in [1.165, 1.54) is 56.9 Å². The molecule has 1 spiro atoms. The molecule has 0 radical (unpaired) electrons. The fraction of sp³-hybridized carbons (Fsp3) is 0.656. The molecule has 0 aromatic heterocycles. The van der Waals surface area contributed by atoms with Gasteiger partial charge in [0, 0.05) is 6.54 Å². The number of likely N-dealkylation sites (tertiary alicyclic amines) is 1. The first-order valence-electron chi connectivity index (χ1n) is 14.4. The number of phenolic OH excluding ortho intramolecular Hbond substituents is 1. The fourth-order valence-corrected chi connectivity index (χ4v) is 7.47. The molecule has 1 N–H and O–H groups in total. The molecule has 2 aliphatic carbocycles. The van der Waals surface area contributed by atoms with Gasteiger partial charge >= 0.3 is 5.97 Å². The van der Waals surface area contributed by atoms with E-state index in [2.05, 4.69) is 36.9 Å². The number of ether oxygens (including phenoxy) is 1. The monoisotopic (exact) mass is 491 g/mol. The molecule has 1 saturated heterocycles. The van der Waals surface area contributed by atoms with Gasteiger partial charge in [-0.05, 0) is 116 Å². The van der Waals surface area contributed by atoms with E-state index in [0.717, 1.165) is 55.6 Å². The van der Waals surface area contributed by atoms with Crippen LogP contribution in [0.1, 0.15) is 90.0 Å². The quantitative estimate of drug-likeness (QED) is 0.426. The maximum atomic E-state index is 12.9. The maximum Gasteiger partial charge on any atom is 0.309 e. The van der Waals surface area contributed by atoms with Gasteiger partial charge in [-0.15, -0.1) is 0 Å². The SMILES string of the molecule is CC1CCC2(CCCC(C)(CCOC(=O)C3CCN(Cc4ccc5cc(O)ccc5c4)CC3)C2)CC1. The zero-order valence-electron chi connectivity index (χ0n) is 22.4. The summed E-state index contributed by atoms with van der Waals surface area (Å²) in [6, 6.07) is 12.0. The van der Waals surface area contributed by atoms with E-state index >= 15 is 0 Å². The van der Waals surface area contributed by atoms with E-state index in [1.54, 1.807) is 12.1 Å². The summed E-state index contributed by atoms with van der Waals surface area (Å²) in [5.74, 6) is 1.28. The van der Waals surface area contributed by atoms with E-state index in [4.69, 9.17) is 4.74 Å². The second kappa shape index (κ2) is 10.7. The Morgan fingerprint density at radius 3 is 2.50 bits per heavy atom. The van der Waals surface area contributed by atoms with E-state index in [0.29, 0.717) is 23.2 Å². The van der Waals surface area contributed by atoms with Gasteiger partial charge < -0.3 is 9.84 Å². The predicted molar refractivity (Wildman–Crippen MR) is 146 cm³/mol. The third-order valence-electron chi connectivity index (χ3n) is 9.79. The van der Waals surface area contributed by atoms with Gasteiger partial charge in [0.15, 0.2) is 0 Å². The standard InChI is InChI=1S/C32H45NO3/c1-24-8-14-32(15-9-24)13-3-12-31(2,23-32)16-19-36-30(35)26-10-17-33(18-11-26)22-25-4-5-28-21-29(34)7-6-27(28)20-25/h4-7,20-21,24,26,34H,3,8-19,22-23H2,1-2H3. The molecule has 1 atom stereocenters. The van der Waals surface area contributed by atoms with Gasteiger partial charge in [-0.25, -0.2) is 0 Å². The Bertz CT molecular complexity index is 1050. The highest BCUT2D eigenvalue weighted by Gasteiger charge is 2.43. The summed E-state index contributed by atoms with van der Waals surface area (Å²) in [7, 11) is 0. The van der Waals surface area contributed by atoms with Crippen molar-refractivity contribution < 1.29 is 14.6 Å². The van der Waals surface area contributed by atoms with Crippen molar-refractivity contribution in [2.75, 3.05) is 19.7 Å². The highest BCUT2D eigenvalue weighted by atomic mass is 16.5. The Labute approximate surface area is 217 Å². The lowest BCUT2D eigenvalue weighted by Gasteiger charge is -2.49. The number of carbonyl (C=O) groups excluding carboxylic acids is 1. The second-order valence-corrected chi connectivity index (χ2v) is 12.9. The van der Waals surface area contributed by atoms with Crippen molar-refractivity contribution >= 4 is 16.7 Å². The van der Waals surface area contributed by atoms with Crippen LogP contribution in [0.25, 0.3) is 10.8 Å². The number of esters is 1. The zero-order valence-corrected chi connectivity index (χ0v) is 22.4. The summed E-state index contributed by atoms with van der Waals surface area (Å²) < 4.78 is 5.88. The molecule has 2 saturated carbocycles. The first-order chi connectivity index (χ1) is 17.3. The Hall–Kier alpha value is -2.07. The minimum absolute atomic E-state index is 0.0285. The Balaban J connectivity index is 1.05. The van der Waals surface area contributed by atoms with Crippen molar-refractivity contribution in [1.29, 1.82) is 0 Å². The highest BCUT2D eigenvalue weighted by molar-refractivity contribution is 5.84. The van der Waals surface area contributed by atoms with E-state index in [9.17, 15) is 9.90 Å². The normalized spacial score (nSPS) is 30.0. The summed E-state index contributed by atoms with van der Waals surface area (Å²) in [5.41, 5.74) is 2.18. The lowest BCUT2D eigenvalue weighted by molar-refractivity contribution is -0.151. The average Bonchev–Trinajstić information content (AvgIpc) is 2.86. The molecular weight excluding hydrogens is 446 g/mol. The van der Waals surface area contributed by atoms with Crippen molar-refractivity contribution in [2.24, 2.45) is 22.7 Å². The van der Waals surface area contributed by atoms with Crippen molar-refractivity contribution in [3.8, 4) is 5.75 Å². The third-order valence-corrected chi connectivity index (χ3v) is 9.79. The van der Waals surface area contributed by atoms with Crippen LogP contribution in [0.3, 0.4) is 0 Å². The first-order valence-corrected chi connectivity index (χ1v) is 14.4. The van der Waals surface area contributed by atoms with E-state index in [-0.39, 0.29) is 11.9 Å². The van der Waals surface area contributed by atoms with Gasteiger partial charge in [0.05, 0.1) is 12.5 Å². The van der Waals surface area contributed by atoms with Crippen LogP contribution in [-0.2, 0) is 16.1 Å². The van der Waals surface area contributed by atoms with Crippen LogP contribution in [0.4, 0.5) is 0 Å². The van der Waals surface area contributed by atoms with Gasteiger partial charge in [0.1, 0.15) is 5.75 Å². The molecule has 2 aromatic rings. The van der Waals surface area contributed by atoms with Crippen molar-refractivity contribution in [1.82, 2.24) is 4.90 Å². The fourth-order valence-electron chi connectivity index (χ4n) is 7.47. The van der Waals surface area contributed by atoms with E-state index < -0.39 is 0 Å². The maximum absolute atomic E-state index is 12.9. The molecule has 3 aliphatic rings. The molecule has 196 valence electrons. The van der Waals surface area contributed by atoms with Crippen molar-refractivity contribution in [2.45, 2.75) is 91.0 Å². The van der Waals surface area contributed by atoms with Crippen LogP contribution < -0.4 is 0 Å². The smallest absolute Gasteiger partial charge is 0.309 e. The molecular formula is C32H45NO3. The molecule has 1 unspecified atom stereocenters. The number of fused-ring (bicyclic) bond motifs is 1. The van der Waals surface area contributed by atoms with Gasteiger partial charge in [0.2, 0.25) is 0 Å². The van der Waals surface area contributed by atoms with Crippen LogP contribution in [0, 0.1) is 22.7 Å². The number of aromatic hydroxyl groups is 1. The summed E-state index contributed by atoms with van der Waals surface area (Å²) in [6.45, 7) is 8.23. The number of hydrogen-bond donors (Lipinski definition) is 1. The van der Waals surface area contributed by atoms with Crippen LogP contribution in [0.15, 0.2) is 36.4 Å². The molecule has 0 bridgehead atoms. The largest absolute Gasteiger partial charge is 0.508 e. The number of phenols is 1. The summed E-state index contributed by atoms with van der Waals surface area (Å²) >= 11 is 0. The van der Waals surface area contributed by atoms with Crippen LogP contribution in [0.5, 0.6) is 5.75 Å². The molecule has 1 heterocycles. The van der Waals surface area contributed by atoms with E-state index in [1.807, 2.05) is 6.07 Å².